The van der Waals surface area contributed by atoms with E-state index in [4.69, 9.17) is 11.1 Å². The van der Waals surface area contributed by atoms with E-state index in [1.165, 1.54) is 0 Å². The van der Waals surface area contributed by atoms with Gasteiger partial charge in [0.2, 0.25) is 0 Å². The van der Waals surface area contributed by atoms with Crippen molar-refractivity contribution in [2.24, 2.45) is 10.7 Å². The van der Waals surface area contributed by atoms with Crippen molar-refractivity contribution in [3.63, 3.8) is 0 Å². The maximum absolute atomic E-state index is 12.8. The highest BCUT2D eigenvalue weighted by Gasteiger charge is 2.21. The molecular formula is C24H28N8O. The van der Waals surface area contributed by atoms with Crippen LogP contribution in [0.25, 0.3) is 16.7 Å². The van der Waals surface area contributed by atoms with Gasteiger partial charge >= 0.3 is 0 Å². The lowest BCUT2D eigenvalue weighted by Crippen LogP contribution is -2.24. The molecule has 2 heterocycles. The number of hydrogen-bond donors (Lipinski definition) is 3. The number of aromatic nitrogens is 4. The predicted octanol–water partition coefficient (Wildman–Crippen LogP) is 3.59. The molecule has 4 rings (SSSR count). The van der Waals surface area contributed by atoms with E-state index in [-0.39, 0.29) is 13.0 Å². The van der Waals surface area contributed by atoms with E-state index >= 15 is 0 Å². The highest BCUT2D eigenvalue weighted by atomic mass is 16.1. The number of nitrogens with zero attached hydrogens (tertiary/aromatic N) is 5. The van der Waals surface area contributed by atoms with Crippen LogP contribution >= 0.6 is 0 Å². The summed E-state index contributed by atoms with van der Waals surface area (Å²) >= 11 is 0. The maximum atomic E-state index is 12.8. The summed E-state index contributed by atoms with van der Waals surface area (Å²) in [7, 11) is 0. The number of allylic oxidation sites excluding steroid dienone is 3. The number of nitrogens with one attached hydrogen (secondary N) is 2. The Morgan fingerprint density at radius 2 is 2.09 bits per heavy atom. The first-order chi connectivity index (χ1) is 16.0. The minimum Gasteiger partial charge on any atom is -0.383 e. The number of para-hydroxylation sites is 1. The van der Waals surface area contributed by atoms with Crippen LogP contribution in [0.1, 0.15) is 31.7 Å². The average molecular weight is 445 g/mol. The minimum atomic E-state index is -0.337. The zero-order valence-corrected chi connectivity index (χ0v) is 18.4. The average Bonchev–Trinajstić information content (AvgIpc) is 3.54. The fourth-order valence-corrected chi connectivity index (χ4v) is 3.06. The Hall–Kier alpha value is -4.40. The molecule has 1 aliphatic carbocycles. The van der Waals surface area contributed by atoms with Gasteiger partial charge in [0.25, 0.3) is 5.91 Å². The molecule has 170 valence electrons. The van der Waals surface area contributed by atoms with Gasteiger partial charge in [-0.15, -0.1) is 5.10 Å². The Morgan fingerprint density at radius 1 is 1.33 bits per heavy atom. The molecule has 0 radical (unpaired) electrons. The van der Waals surface area contributed by atoms with Gasteiger partial charge in [0.05, 0.1) is 17.2 Å². The van der Waals surface area contributed by atoms with Crippen molar-refractivity contribution in [1.82, 2.24) is 25.3 Å². The van der Waals surface area contributed by atoms with Crippen LogP contribution in [0.2, 0.25) is 0 Å². The molecule has 0 spiro atoms. The van der Waals surface area contributed by atoms with E-state index in [9.17, 15) is 4.79 Å². The molecule has 3 aromatic rings. The lowest BCUT2D eigenvalue weighted by Gasteiger charge is -2.08. The third kappa shape index (κ3) is 5.85. The van der Waals surface area contributed by atoms with E-state index in [0.29, 0.717) is 28.8 Å². The fourth-order valence-electron chi connectivity index (χ4n) is 3.06. The van der Waals surface area contributed by atoms with Gasteiger partial charge < -0.3 is 16.5 Å². The number of nitrogens with two attached hydrogens (primary N) is 1. The summed E-state index contributed by atoms with van der Waals surface area (Å²) in [5, 5.41) is 16.7. The van der Waals surface area contributed by atoms with Crippen molar-refractivity contribution < 1.29 is 6.22 Å². The molecule has 9 nitrogen and oxygen atoms in total. The first-order valence-electron chi connectivity index (χ1n) is 10.3. The largest absolute Gasteiger partial charge is 0.383 e. The Bertz CT molecular complexity index is 1260. The van der Waals surface area contributed by atoms with Crippen molar-refractivity contribution in [2.75, 3.05) is 0 Å². The Balaban J connectivity index is 0.00000133. The van der Waals surface area contributed by atoms with E-state index in [2.05, 4.69) is 38.9 Å². The zero-order valence-electron chi connectivity index (χ0n) is 18.4. The minimum absolute atomic E-state index is 0. The Morgan fingerprint density at radius 3 is 2.82 bits per heavy atom. The Labute approximate surface area is 193 Å². The summed E-state index contributed by atoms with van der Waals surface area (Å²) in [6.45, 7) is 8.01. The van der Waals surface area contributed by atoms with Gasteiger partial charge in [-0.25, -0.2) is 4.68 Å². The van der Waals surface area contributed by atoms with Crippen LogP contribution in [-0.4, -0.2) is 44.5 Å². The molecule has 2 aromatic heterocycles. The van der Waals surface area contributed by atoms with Crippen molar-refractivity contribution in [1.29, 1.82) is 5.41 Å². The molecule has 0 bridgehead atoms. The number of amidine groups is 1. The summed E-state index contributed by atoms with van der Waals surface area (Å²) in [5.74, 6) is 0.102. The van der Waals surface area contributed by atoms with Crippen LogP contribution in [0.4, 0.5) is 0 Å². The number of hydrogen-bond acceptors (Lipinski definition) is 6. The van der Waals surface area contributed by atoms with Crippen molar-refractivity contribution in [3.05, 3.63) is 84.4 Å². The van der Waals surface area contributed by atoms with Crippen LogP contribution in [0, 0.1) is 5.41 Å². The number of fused-ring (bicyclic) bond motifs is 1. The molecule has 1 fully saturated rings. The van der Waals surface area contributed by atoms with Crippen LogP contribution in [-0.2, 0) is 0 Å². The summed E-state index contributed by atoms with van der Waals surface area (Å²) in [6.07, 6.45) is 8.88. The number of amides is 1. The quantitative estimate of drug-likeness (QED) is 0.291. The molecule has 0 atom stereocenters. The van der Waals surface area contributed by atoms with Gasteiger partial charge in [0.15, 0.2) is 0 Å². The predicted molar refractivity (Wildman–Crippen MR) is 133 cm³/mol. The summed E-state index contributed by atoms with van der Waals surface area (Å²) in [5.41, 5.74) is 10.0. The van der Waals surface area contributed by atoms with Crippen molar-refractivity contribution in [2.45, 2.75) is 25.8 Å². The fraction of sp³-hybridized carbons (Fsp3) is 0.167. The van der Waals surface area contributed by atoms with Crippen LogP contribution in [0.3, 0.4) is 0 Å². The molecule has 33 heavy (non-hydrogen) atoms. The highest BCUT2D eigenvalue weighted by Crippen LogP contribution is 2.24. The van der Waals surface area contributed by atoms with Gasteiger partial charge in [-0.1, -0.05) is 36.1 Å². The molecule has 1 saturated carbocycles. The molecule has 1 amide bonds. The third-order valence-corrected chi connectivity index (χ3v) is 4.72. The van der Waals surface area contributed by atoms with Crippen LogP contribution in [0.15, 0.2) is 83.7 Å². The van der Waals surface area contributed by atoms with Gasteiger partial charge in [-0.3, -0.25) is 14.8 Å². The van der Waals surface area contributed by atoms with Gasteiger partial charge in [-0.05, 0) is 56.8 Å². The molecule has 0 saturated heterocycles. The van der Waals surface area contributed by atoms with E-state index < -0.39 is 0 Å². The number of carbonyl (C=O) groups excluding carboxylic acids is 1. The van der Waals surface area contributed by atoms with Crippen LogP contribution in [0.5, 0.6) is 0 Å². The second-order valence-corrected chi connectivity index (χ2v) is 7.27. The van der Waals surface area contributed by atoms with E-state index in [0.717, 1.165) is 23.9 Å². The second-order valence-electron chi connectivity index (χ2n) is 7.27. The molecule has 1 aliphatic rings. The highest BCUT2D eigenvalue weighted by molar-refractivity contribution is 6.00. The molecule has 1 aromatic carbocycles. The number of aliphatic imine (C=N–C) groups is 1. The summed E-state index contributed by atoms with van der Waals surface area (Å²) in [6, 6.07) is 11.4. The van der Waals surface area contributed by atoms with Crippen molar-refractivity contribution in [3.8, 4) is 5.69 Å². The van der Waals surface area contributed by atoms with Gasteiger partial charge in [0.1, 0.15) is 17.0 Å². The first-order valence-corrected chi connectivity index (χ1v) is 10.3. The Kier molecular flexibility index (Phi) is 7.59. The third-order valence-electron chi connectivity index (χ3n) is 4.72. The SMILES string of the molecule is C=C/C=C(\C=C(/C)NC(=O)c1cc(-n2nnc3ccccc32)ccn1)C(N)=NC1CC1.C=N.[HH]. The number of rotatable bonds is 7. The standard InChI is InChI=1S/C23H23N7O.CH3N.H2/c1-3-6-16(22(24)27-17-9-10-17)13-15(2)26-23(31)20-14-18(11-12-25-20)30-21-8-5-4-7-19(21)28-29-30;1-2;/h3-8,11-14,17H,1,9-10H2,2H3,(H2,24,27)(H,26,31);2H,1H2;1H/b15-13+,16-6+;;. The maximum Gasteiger partial charge on any atom is 0.274 e. The van der Waals surface area contributed by atoms with Crippen LogP contribution < -0.4 is 11.1 Å². The lowest BCUT2D eigenvalue weighted by atomic mass is 10.2. The number of pyridine rings is 1. The number of carbonyl (C=O) groups is 1. The zero-order chi connectivity index (χ0) is 23.8. The summed E-state index contributed by atoms with van der Waals surface area (Å²) in [4.78, 5) is 21.4. The second kappa shape index (κ2) is 10.8. The van der Waals surface area contributed by atoms with Crippen molar-refractivity contribution >= 4 is 29.5 Å². The normalized spacial score (nSPS) is 14.4. The molecule has 0 aliphatic heterocycles. The number of benzene rings is 1. The lowest BCUT2D eigenvalue weighted by molar-refractivity contribution is 0.0961. The molecule has 9 heteroatoms. The summed E-state index contributed by atoms with van der Waals surface area (Å²) < 4.78 is 1.68. The molecule has 4 N–H and O–H groups in total. The smallest absolute Gasteiger partial charge is 0.274 e. The van der Waals surface area contributed by atoms with E-state index in [1.807, 2.05) is 24.3 Å². The topological polar surface area (TPSA) is 135 Å². The monoisotopic (exact) mass is 444 g/mol. The van der Waals surface area contributed by atoms with Gasteiger partial charge in [0, 0.05) is 18.9 Å². The molecule has 0 unspecified atom stereocenters. The molecular weight excluding hydrogens is 416 g/mol. The van der Waals surface area contributed by atoms with Gasteiger partial charge in [-0.2, -0.15) is 0 Å². The first kappa shape index (κ1) is 23.3. The van der Waals surface area contributed by atoms with E-state index in [1.54, 1.807) is 48.2 Å².